The second-order valence-electron chi connectivity index (χ2n) is 5.18. The van der Waals surface area contributed by atoms with Gasteiger partial charge in [-0.25, -0.2) is 8.78 Å². The van der Waals surface area contributed by atoms with Crippen molar-refractivity contribution in [3.63, 3.8) is 0 Å². The van der Waals surface area contributed by atoms with Gasteiger partial charge in [0.1, 0.15) is 11.4 Å². The molecule has 1 aliphatic rings. The van der Waals surface area contributed by atoms with Crippen LogP contribution in [0, 0.1) is 0 Å². The van der Waals surface area contributed by atoms with E-state index in [0.717, 1.165) is 5.56 Å². The molecule has 23 heavy (non-hydrogen) atoms. The molecule has 0 saturated heterocycles. The molecule has 1 aliphatic heterocycles. The number of ether oxygens (including phenoxy) is 1. The molecule has 3 aromatic rings. The van der Waals surface area contributed by atoms with Gasteiger partial charge in [-0.15, -0.1) is 0 Å². The minimum Gasteiger partial charge on any atom is -0.483 e. The van der Waals surface area contributed by atoms with Crippen molar-refractivity contribution >= 4 is 11.5 Å². The van der Waals surface area contributed by atoms with Gasteiger partial charge in [0.05, 0.1) is 5.92 Å². The number of alkyl halides is 2. The van der Waals surface area contributed by atoms with Crippen LogP contribution in [0.15, 0.2) is 40.2 Å². The molecule has 0 N–H and O–H groups in total. The molecule has 118 valence electrons. The fourth-order valence-electron chi connectivity index (χ4n) is 2.64. The fraction of sp³-hybridized carbons (Fsp3) is 0.267. The van der Waals surface area contributed by atoms with Gasteiger partial charge < -0.3 is 9.26 Å². The maximum absolute atomic E-state index is 13.4. The van der Waals surface area contributed by atoms with Gasteiger partial charge in [-0.05, 0) is 35.6 Å². The predicted octanol–water partition coefficient (Wildman–Crippen LogP) is 3.55. The number of rotatable bonds is 3. The number of fused-ring (bicyclic) bond motifs is 1. The summed E-state index contributed by atoms with van der Waals surface area (Å²) < 4.78 is 41.6. The van der Waals surface area contributed by atoms with E-state index in [2.05, 4.69) is 14.5 Å². The molecule has 1 aromatic carbocycles. The lowest BCUT2D eigenvalue weighted by molar-refractivity contribution is -0.0175. The first-order valence-electron chi connectivity index (χ1n) is 6.99. The SMILES string of the molecule is FC(F)[C@@H]1Oc2ccccc2C[C@H]1c1nc(-c2ccsn2)no1. The van der Waals surface area contributed by atoms with E-state index in [9.17, 15) is 8.78 Å². The summed E-state index contributed by atoms with van der Waals surface area (Å²) in [7, 11) is 0. The van der Waals surface area contributed by atoms with Crippen LogP contribution in [-0.2, 0) is 6.42 Å². The molecule has 0 amide bonds. The van der Waals surface area contributed by atoms with E-state index in [1.54, 1.807) is 23.6 Å². The molecule has 2 atom stereocenters. The topological polar surface area (TPSA) is 61.0 Å². The van der Waals surface area contributed by atoms with Crippen LogP contribution in [0.5, 0.6) is 5.75 Å². The highest BCUT2D eigenvalue weighted by atomic mass is 32.1. The molecule has 0 unspecified atom stereocenters. The number of halogens is 2. The number of aromatic nitrogens is 3. The fourth-order valence-corrected chi connectivity index (χ4v) is 3.15. The summed E-state index contributed by atoms with van der Waals surface area (Å²) in [4.78, 5) is 4.24. The zero-order chi connectivity index (χ0) is 15.8. The third-order valence-corrected chi connectivity index (χ3v) is 4.31. The molecule has 0 bridgehead atoms. The summed E-state index contributed by atoms with van der Waals surface area (Å²) in [5.41, 5.74) is 1.42. The smallest absolute Gasteiger partial charge is 0.275 e. The third kappa shape index (κ3) is 2.59. The van der Waals surface area contributed by atoms with Crippen molar-refractivity contribution in [2.75, 3.05) is 0 Å². The highest BCUT2D eigenvalue weighted by Crippen LogP contribution is 2.38. The minimum atomic E-state index is -2.65. The molecule has 0 saturated carbocycles. The van der Waals surface area contributed by atoms with Gasteiger partial charge >= 0.3 is 0 Å². The first-order chi connectivity index (χ1) is 11.2. The van der Waals surface area contributed by atoms with Crippen LogP contribution in [0.1, 0.15) is 17.4 Å². The largest absolute Gasteiger partial charge is 0.483 e. The Morgan fingerprint density at radius 1 is 1.22 bits per heavy atom. The first-order valence-corrected chi connectivity index (χ1v) is 7.83. The standard InChI is InChI=1S/C15H11F2N3O2S/c16-13(17)12-9(7-8-3-1-2-4-11(8)21-12)15-18-14(19-22-15)10-5-6-23-20-10/h1-6,9,12-13H,7H2/t9-,12-/m1/s1. The Bertz CT molecular complexity index is 807. The van der Waals surface area contributed by atoms with Crippen LogP contribution in [0.2, 0.25) is 0 Å². The van der Waals surface area contributed by atoms with Crippen LogP contribution < -0.4 is 4.74 Å². The van der Waals surface area contributed by atoms with Crippen LogP contribution in [0.4, 0.5) is 8.78 Å². The molecule has 0 fully saturated rings. The van der Waals surface area contributed by atoms with Gasteiger partial charge in [0.2, 0.25) is 11.7 Å². The summed E-state index contributed by atoms with van der Waals surface area (Å²) in [6.45, 7) is 0. The summed E-state index contributed by atoms with van der Waals surface area (Å²) in [5.74, 6) is 0.235. The summed E-state index contributed by atoms with van der Waals surface area (Å²) >= 11 is 1.26. The van der Waals surface area contributed by atoms with Crippen molar-refractivity contribution in [2.45, 2.75) is 24.9 Å². The number of hydrogen-bond donors (Lipinski definition) is 0. The van der Waals surface area contributed by atoms with E-state index in [1.807, 2.05) is 12.1 Å². The lowest BCUT2D eigenvalue weighted by atomic mass is 9.90. The monoisotopic (exact) mass is 335 g/mol. The Labute approximate surface area is 134 Å². The Kier molecular flexibility index (Phi) is 3.53. The molecule has 2 aromatic heterocycles. The van der Waals surface area contributed by atoms with Crippen molar-refractivity contribution in [1.29, 1.82) is 0 Å². The number of nitrogens with zero attached hydrogens (tertiary/aromatic N) is 3. The number of para-hydroxylation sites is 1. The van der Waals surface area contributed by atoms with Crippen LogP contribution in [-0.4, -0.2) is 27.0 Å². The van der Waals surface area contributed by atoms with Gasteiger partial charge in [0, 0.05) is 5.38 Å². The van der Waals surface area contributed by atoms with Crippen molar-refractivity contribution < 1.29 is 18.0 Å². The van der Waals surface area contributed by atoms with E-state index in [-0.39, 0.29) is 5.89 Å². The molecule has 0 aliphatic carbocycles. The molecule has 5 nitrogen and oxygen atoms in total. The van der Waals surface area contributed by atoms with E-state index >= 15 is 0 Å². The van der Waals surface area contributed by atoms with Crippen molar-refractivity contribution in [3.8, 4) is 17.3 Å². The van der Waals surface area contributed by atoms with E-state index in [1.165, 1.54) is 11.5 Å². The lowest BCUT2D eigenvalue weighted by Crippen LogP contribution is -2.37. The van der Waals surface area contributed by atoms with Gasteiger partial charge in [0.25, 0.3) is 6.43 Å². The van der Waals surface area contributed by atoms with Gasteiger partial charge in [-0.1, -0.05) is 23.4 Å². The molecule has 0 radical (unpaired) electrons. The van der Waals surface area contributed by atoms with E-state index in [4.69, 9.17) is 9.26 Å². The first kappa shape index (κ1) is 14.3. The van der Waals surface area contributed by atoms with E-state index in [0.29, 0.717) is 23.7 Å². The zero-order valence-electron chi connectivity index (χ0n) is 11.7. The minimum absolute atomic E-state index is 0.146. The van der Waals surface area contributed by atoms with Crippen molar-refractivity contribution in [3.05, 3.63) is 47.2 Å². The molecule has 0 spiro atoms. The zero-order valence-corrected chi connectivity index (χ0v) is 12.5. The molecule has 4 rings (SSSR count). The van der Waals surface area contributed by atoms with Gasteiger partial charge in [-0.3, -0.25) is 0 Å². The highest BCUT2D eigenvalue weighted by Gasteiger charge is 2.40. The summed E-state index contributed by atoms with van der Waals surface area (Å²) in [6, 6.07) is 8.89. The van der Waals surface area contributed by atoms with E-state index < -0.39 is 18.4 Å². The lowest BCUT2D eigenvalue weighted by Gasteiger charge is -2.30. The van der Waals surface area contributed by atoms with Gasteiger partial charge in [0.15, 0.2) is 6.10 Å². The normalized spacial score (nSPS) is 20.3. The van der Waals surface area contributed by atoms with Crippen LogP contribution in [0.25, 0.3) is 11.5 Å². The van der Waals surface area contributed by atoms with Crippen molar-refractivity contribution in [2.24, 2.45) is 0 Å². The Morgan fingerprint density at radius 2 is 2.09 bits per heavy atom. The molecular weight excluding hydrogens is 324 g/mol. The second-order valence-corrected chi connectivity index (χ2v) is 5.84. The summed E-state index contributed by atoms with van der Waals surface area (Å²) in [6.07, 6.45) is -3.60. The van der Waals surface area contributed by atoms with Crippen LogP contribution >= 0.6 is 11.5 Å². The average Bonchev–Trinajstić information content (AvgIpc) is 3.24. The molecular formula is C15H11F2N3O2S. The highest BCUT2D eigenvalue weighted by molar-refractivity contribution is 7.03. The Balaban J connectivity index is 1.69. The summed E-state index contributed by atoms with van der Waals surface area (Å²) in [5, 5.41) is 5.63. The van der Waals surface area contributed by atoms with Crippen LogP contribution in [0.3, 0.4) is 0 Å². The third-order valence-electron chi connectivity index (χ3n) is 3.75. The predicted molar refractivity (Wildman–Crippen MR) is 78.7 cm³/mol. The molecule has 3 heterocycles. The number of benzene rings is 1. The quantitative estimate of drug-likeness (QED) is 0.732. The Morgan fingerprint density at radius 3 is 2.87 bits per heavy atom. The van der Waals surface area contributed by atoms with Crippen molar-refractivity contribution in [1.82, 2.24) is 14.5 Å². The van der Waals surface area contributed by atoms with Gasteiger partial charge in [-0.2, -0.15) is 9.36 Å². The number of hydrogen-bond acceptors (Lipinski definition) is 6. The average molecular weight is 335 g/mol. The Hall–Kier alpha value is -2.35. The maximum Gasteiger partial charge on any atom is 0.275 e. The second kappa shape index (κ2) is 5.69. The molecule has 8 heteroatoms. The maximum atomic E-state index is 13.4.